The van der Waals surface area contributed by atoms with Crippen LogP contribution in [0.1, 0.15) is 0 Å². The van der Waals surface area contributed by atoms with E-state index in [4.69, 9.17) is 25.2 Å². The number of anilines is 1. The monoisotopic (exact) mass is 497 g/mol. The second-order valence-electron chi connectivity index (χ2n) is 5.62. The van der Waals surface area contributed by atoms with Crippen LogP contribution in [-0.2, 0) is 31.6 Å². The van der Waals surface area contributed by atoms with E-state index in [1.165, 1.54) is 6.07 Å². The largest absolute Gasteiger partial charge is 0.490 e. The number of aromatic nitrogens is 2. The van der Waals surface area contributed by atoms with Gasteiger partial charge >= 0.3 is 29.2 Å². The van der Waals surface area contributed by atoms with Gasteiger partial charge in [0.1, 0.15) is 25.2 Å². The maximum Gasteiger partial charge on any atom is 0.490 e. The summed E-state index contributed by atoms with van der Waals surface area (Å²) in [6, 6.07) is 1.18. The second kappa shape index (κ2) is 8.57. The zero-order chi connectivity index (χ0) is 23.0. The molecule has 4 atom stereocenters. The summed E-state index contributed by atoms with van der Waals surface area (Å²) in [6.07, 6.45) is 0.0771. The number of rotatable bonds is 9. The number of nitrogen functional groups attached to an aromatic ring is 1. The Morgan fingerprint density at radius 1 is 1.23 bits per heavy atom. The smallest absolute Gasteiger partial charge is 0.464 e. The molecule has 20 heteroatoms. The van der Waals surface area contributed by atoms with Crippen LogP contribution in [0.15, 0.2) is 23.1 Å². The molecule has 2 rings (SSSR count). The molecule has 1 aliphatic rings. The van der Waals surface area contributed by atoms with E-state index in [1.54, 1.807) is 0 Å². The summed E-state index contributed by atoms with van der Waals surface area (Å²) in [4.78, 5) is 50.7. The number of ether oxygens (including phenoxy) is 1. The number of aliphatic hydroxyl groups is 1. The lowest BCUT2D eigenvalue weighted by molar-refractivity contribution is -0.0803. The summed E-state index contributed by atoms with van der Waals surface area (Å²) in [5, 5.41) is 10.1. The molecule has 0 spiro atoms. The molecule has 30 heavy (non-hydrogen) atoms. The van der Waals surface area contributed by atoms with Gasteiger partial charge in [-0.05, 0) is 6.07 Å². The number of halogens is 1. The molecule has 0 saturated carbocycles. The molecular formula is C10H15FN3O13P3. The number of phosphoric acid groups is 3. The van der Waals surface area contributed by atoms with Crippen LogP contribution < -0.4 is 11.4 Å². The van der Waals surface area contributed by atoms with Crippen LogP contribution in [0.4, 0.5) is 10.2 Å². The van der Waals surface area contributed by atoms with Gasteiger partial charge < -0.3 is 35.2 Å². The Balaban J connectivity index is 2.15. The number of hydrogen-bond acceptors (Lipinski definition) is 11. The van der Waals surface area contributed by atoms with Crippen LogP contribution in [-0.4, -0.2) is 59.2 Å². The van der Waals surface area contributed by atoms with Crippen molar-refractivity contribution >= 4 is 35.2 Å². The molecule has 7 N–H and O–H groups in total. The molecule has 0 bridgehead atoms. The zero-order valence-electron chi connectivity index (χ0n) is 14.4. The molecular weight excluding hydrogens is 482 g/mol. The van der Waals surface area contributed by atoms with E-state index in [2.05, 4.69) is 18.1 Å². The van der Waals surface area contributed by atoms with Crippen molar-refractivity contribution in [2.75, 3.05) is 19.0 Å². The summed E-state index contributed by atoms with van der Waals surface area (Å²) in [7, 11) is -17.0. The Kier molecular flexibility index (Phi) is 7.08. The SMILES string of the molecule is Nc1ccn(C2=C[C@H](O)[C@@](CF)(COP(=O)(O)OP(=O)(O)OP(=O)(O)O)O2)c(=O)n1. The first-order valence-electron chi connectivity index (χ1n) is 7.37. The zero-order valence-corrected chi connectivity index (χ0v) is 17.1. The average Bonchev–Trinajstić information content (AvgIpc) is 2.86. The summed E-state index contributed by atoms with van der Waals surface area (Å²) in [6.45, 7) is -2.84. The van der Waals surface area contributed by atoms with E-state index in [0.29, 0.717) is 0 Å². The summed E-state index contributed by atoms with van der Waals surface area (Å²) >= 11 is 0. The maximum atomic E-state index is 13.6. The Labute approximate surface area is 165 Å². The van der Waals surface area contributed by atoms with Crippen molar-refractivity contribution in [3.63, 3.8) is 0 Å². The molecule has 0 radical (unpaired) electrons. The number of phosphoric ester groups is 1. The van der Waals surface area contributed by atoms with E-state index >= 15 is 0 Å². The van der Waals surface area contributed by atoms with Crippen molar-refractivity contribution in [2.45, 2.75) is 11.7 Å². The van der Waals surface area contributed by atoms with Crippen molar-refractivity contribution < 1.29 is 60.6 Å². The fourth-order valence-corrected chi connectivity index (χ4v) is 5.13. The summed E-state index contributed by atoms with van der Waals surface area (Å²) < 4.78 is 64.5. The molecule has 0 aliphatic carbocycles. The van der Waals surface area contributed by atoms with E-state index < -0.39 is 60.0 Å². The predicted molar refractivity (Wildman–Crippen MR) is 92.8 cm³/mol. The molecule has 1 aromatic heterocycles. The number of nitrogens with zero attached hydrogens (tertiary/aromatic N) is 2. The molecule has 0 amide bonds. The molecule has 170 valence electrons. The Morgan fingerprint density at radius 3 is 2.40 bits per heavy atom. The fraction of sp³-hybridized carbons (Fsp3) is 0.400. The molecule has 0 saturated heterocycles. The van der Waals surface area contributed by atoms with E-state index in [0.717, 1.165) is 16.8 Å². The van der Waals surface area contributed by atoms with Crippen LogP contribution in [0.25, 0.3) is 5.88 Å². The van der Waals surface area contributed by atoms with Crippen LogP contribution >= 0.6 is 23.5 Å². The first-order chi connectivity index (χ1) is 13.6. The van der Waals surface area contributed by atoms with Crippen LogP contribution in [0.5, 0.6) is 0 Å². The normalized spacial score (nSPS) is 25.8. The van der Waals surface area contributed by atoms with E-state index in [9.17, 15) is 32.9 Å². The van der Waals surface area contributed by atoms with Crippen LogP contribution in [0.3, 0.4) is 0 Å². The lowest BCUT2D eigenvalue weighted by Gasteiger charge is -2.30. The minimum absolute atomic E-state index is 0.139. The van der Waals surface area contributed by atoms with Gasteiger partial charge in [0.2, 0.25) is 5.88 Å². The minimum Gasteiger partial charge on any atom is -0.464 e. The van der Waals surface area contributed by atoms with Gasteiger partial charge in [-0.3, -0.25) is 4.52 Å². The highest BCUT2D eigenvalue weighted by Crippen LogP contribution is 2.66. The Morgan fingerprint density at radius 2 is 1.87 bits per heavy atom. The molecule has 1 aliphatic heterocycles. The third-order valence-electron chi connectivity index (χ3n) is 3.32. The Hall–Kier alpha value is -1.48. The van der Waals surface area contributed by atoms with Gasteiger partial charge in [0.15, 0.2) is 5.60 Å². The van der Waals surface area contributed by atoms with Crippen molar-refractivity contribution in [2.24, 2.45) is 0 Å². The standard InChI is InChI=1S/C10H15FN3O13P3/c11-4-10(5-24-29(20,21)27-30(22,23)26-28(17,18)19)6(15)3-8(25-10)14-2-1-7(12)13-9(14)16/h1-3,6,15H,4-5H2,(H,20,21)(H,22,23)(H2,12,13,16)(H2,17,18,19)/t6-,10+/m0/s1. The van der Waals surface area contributed by atoms with Crippen molar-refractivity contribution in [3.05, 3.63) is 28.8 Å². The quantitative estimate of drug-likeness (QED) is 0.225. The van der Waals surface area contributed by atoms with Gasteiger partial charge in [0, 0.05) is 12.3 Å². The lowest BCUT2D eigenvalue weighted by atomic mass is 10.0. The third-order valence-corrected chi connectivity index (χ3v) is 7.11. The highest BCUT2D eigenvalue weighted by Gasteiger charge is 2.49. The van der Waals surface area contributed by atoms with E-state index in [1.807, 2.05) is 0 Å². The number of nitrogens with two attached hydrogens (primary N) is 1. The van der Waals surface area contributed by atoms with Crippen molar-refractivity contribution in [1.82, 2.24) is 9.55 Å². The predicted octanol–water partition coefficient (Wildman–Crippen LogP) is -0.933. The molecule has 0 fully saturated rings. The fourth-order valence-electron chi connectivity index (χ4n) is 2.06. The number of alkyl halides is 1. The van der Waals surface area contributed by atoms with Gasteiger partial charge in [-0.25, -0.2) is 27.4 Å². The van der Waals surface area contributed by atoms with Gasteiger partial charge in [-0.2, -0.15) is 13.6 Å². The van der Waals surface area contributed by atoms with Gasteiger partial charge in [-0.1, -0.05) is 0 Å². The summed E-state index contributed by atoms with van der Waals surface area (Å²) in [5.41, 5.74) is 1.96. The molecule has 16 nitrogen and oxygen atoms in total. The molecule has 1 aromatic rings. The van der Waals surface area contributed by atoms with Crippen molar-refractivity contribution in [1.29, 1.82) is 0 Å². The highest BCUT2D eigenvalue weighted by atomic mass is 31.3. The molecule has 2 heterocycles. The van der Waals surface area contributed by atoms with Crippen LogP contribution in [0.2, 0.25) is 0 Å². The molecule has 2 unspecified atom stereocenters. The topological polar surface area (TPSA) is 250 Å². The van der Waals surface area contributed by atoms with Crippen LogP contribution in [0, 0.1) is 0 Å². The number of hydrogen-bond donors (Lipinski definition) is 6. The highest BCUT2D eigenvalue weighted by molar-refractivity contribution is 7.66. The maximum absolute atomic E-state index is 13.6. The summed E-state index contributed by atoms with van der Waals surface area (Å²) in [5.74, 6) is -0.576. The van der Waals surface area contributed by atoms with E-state index in [-0.39, 0.29) is 5.82 Å². The molecule has 0 aromatic carbocycles. The van der Waals surface area contributed by atoms with Gasteiger partial charge in [-0.15, -0.1) is 0 Å². The second-order valence-corrected chi connectivity index (χ2v) is 10.0. The van der Waals surface area contributed by atoms with Crippen molar-refractivity contribution in [3.8, 4) is 0 Å². The van der Waals surface area contributed by atoms with Gasteiger partial charge in [0.25, 0.3) is 0 Å². The Bertz CT molecular complexity index is 1040. The first kappa shape index (κ1) is 24.8. The lowest BCUT2D eigenvalue weighted by Crippen LogP contribution is -2.46. The van der Waals surface area contributed by atoms with Gasteiger partial charge in [0.05, 0.1) is 0 Å². The first-order valence-corrected chi connectivity index (χ1v) is 11.9. The number of aliphatic hydroxyl groups excluding tert-OH is 1. The third kappa shape index (κ3) is 6.26. The minimum atomic E-state index is -5.79. The average molecular weight is 497 g/mol.